The normalized spacial score (nSPS) is 22.0. The zero-order valence-corrected chi connectivity index (χ0v) is 13.9. The highest BCUT2D eigenvalue weighted by Crippen LogP contribution is 2.46. The van der Waals surface area contributed by atoms with Crippen molar-refractivity contribution in [1.29, 1.82) is 0 Å². The maximum Gasteiger partial charge on any atom is 0.167 e. The van der Waals surface area contributed by atoms with E-state index in [1.54, 1.807) is 12.1 Å². The van der Waals surface area contributed by atoms with Gasteiger partial charge in [-0.25, -0.2) is 0 Å². The van der Waals surface area contributed by atoms with E-state index < -0.39 is 12.2 Å². The molecule has 2 aliphatic rings. The van der Waals surface area contributed by atoms with Gasteiger partial charge in [0.05, 0.1) is 23.3 Å². The zero-order chi connectivity index (χ0) is 18.4. The third kappa shape index (κ3) is 2.54. The van der Waals surface area contributed by atoms with Crippen LogP contribution in [-0.4, -0.2) is 26.9 Å². The van der Waals surface area contributed by atoms with Gasteiger partial charge in [0.2, 0.25) is 0 Å². The molecule has 0 unspecified atom stereocenters. The Kier molecular flexibility index (Phi) is 3.92. The highest BCUT2D eigenvalue weighted by atomic mass is 16.5. The van der Waals surface area contributed by atoms with E-state index >= 15 is 0 Å². The molecule has 0 aliphatic heterocycles. The van der Waals surface area contributed by atoms with Crippen molar-refractivity contribution < 1.29 is 29.6 Å². The number of rotatable bonds is 2. The second kappa shape index (κ2) is 6.14. The van der Waals surface area contributed by atoms with Crippen LogP contribution in [0.1, 0.15) is 69.7 Å². The number of benzene rings is 2. The fourth-order valence-corrected chi connectivity index (χ4v) is 3.90. The quantitative estimate of drug-likeness (QED) is 0.713. The molecule has 0 spiro atoms. The molecule has 2 aliphatic carbocycles. The second-order valence-corrected chi connectivity index (χ2v) is 6.67. The number of carbonyl (C=O) groups excluding carboxylic acids is 2. The summed E-state index contributed by atoms with van der Waals surface area (Å²) in [6, 6.07) is 7.50. The molecule has 0 bridgehead atoms. The van der Waals surface area contributed by atoms with E-state index in [1.807, 2.05) is 0 Å². The van der Waals surface area contributed by atoms with E-state index in [4.69, 9.17) is 4.74 Å². The molecule has 2 aromatic rings. The Morgan fingerprint density at radius 1 is 0.769 bits per heavy atom. The van der Waals surface area contributed by atoms with Gasteiger partial charge in [0.25, 0.3) is 0 Å². The standard InChI is InChI=1S/C20H18O6/c21-11-3-1-2-10-16(8-6-12(22)18(10)11)26-17-9-7-14(24)19-13(23)4-5-15(25)20(17)19/h1-5,16-17,21,23,25H,6-9H2/t16-,17+/m1/s1. The maximum atomic E-state index is 12.2. The lowest BCUT2D eigenvalue weighted by atomic mass is 9.85. The molecule has 4 rings (SSSR count). The van der Waals surface area contributed by atoms with Gasteiger partial charge in [-0.15, -0.1) is 0 Å². The monoisotopic (exact) mass is 354 g/mol. The van der Waals surface area contributed by atoms with Crippen molar-refractivity contribution in [2.45, 2.75) is 37.9 Å². The number of fused-ring (bicyclic) bond motifs is 2. The van der Waals surface area contributed by atoms with Crippen molar-refractivity contribution in [2.24, 2.45) is 0 Å². The summed E-state index contributed by atoms with van der Waals surface area (Å²) in [6.45, 7) is 0. The van der Waals surface area contributed by atoms with Crippen LogP contribution in [0.4, 0.5) is 0 Å². The Hall–Kier alpha value is -2.86. The number of ether oxygens (including phenoxy) is 1. The van der Waals surface area contributed by atoms with Crippen LogP contribution in [0, 0.1) is 0 Å². The number of phenolic OH excluding ortho intramolecular Hbond substituents is 3. The minimum Gasteiger partial charge on any atom is -0.508 e. The third-order valence-electron chi connectivity index (χ3n) is 5.10. The van der Waals surface area contributed by atoms with Gasteiger partial charge in [-0.2, -0.15) is 0 Å². The molecule has 2 atom stereocenters. The lowest BCUT2D eigenvalue weighted by Crippen LogP contribution is -2.23. The molecular weight excluding hydrogens is 336 g/mol. The number of carbonyl (C=O) groups is 2. The molecule has 0 saturated heterocycles. The van der Waals surface area contributed by atoms with E-state index in [0.717, 1.165) is 0 Å². The number of hydrogen-bond acceptors (Lipinski definition) is 6. The number of aromatic hydroxyl groups is 3. The average Bonchev–Trinajstić information content (AvgIpc) is 2.62. The van der Waals surface area contributed by atoms with Crippen LogP contribution >= 0.6 is 0 Å². The molecule has 134 valence electrons. The number of phenols is 3. The van der Waals surface area contributed by atoms with E-state index in [0.29, 0.717) is 24.0 Å². The molecule has 0 saturated carbocycles. The van der Waals surface area contributed by atoms with E-state index in [1.165, 1.54) is 18.2 Å². The van der Waals surface area contributed by atoms with Crippen LogP contribution in [0.3, 0.4) is 0 Å². The van der Waals surface area contributed by atoms with Gasteiger partial charge in [0.15, 0.2) is 11.6 Å². The SMILES string of the molecule is O=C1CC[C@@H](O[C@H]2CCC(=O)c3c(O)ccc(O)c32)c2cccc(O)c21. The van der Waals surface area contributed by atoms with Gasteiger partial charge in [-0.05, 0) is 36.6 Å². The van der Waals surface area contributed by atoms with Gasteiger partial charge < -0.3 is 20.1 Å². The van der Waals surface area contributed by atoms with Gasteiger partial charge in [0.1, 0.15) is 17.2 Å². The fourth-order valence-electron chi connectivity index (χ4n) is 3.90. The minimum atomic E-state index is -0.580. The van der Waals surface area contributed by atoms with Crippen molar-refractivity contribution in [1.82, 2.24) is 0 Å². The number of Topliss-reactive ketones (excluding diaryl/α,β-unsaturated/α-hetero) is 2. The summed E-state index contributed by atoms with van der Waals surface area (Å²) in [7, 11) is 0. The van der Waals surface area contributed by atoms with Crippen molar-refractivity contribution in [3.63, 3.8) is 0 Å². The first-order valence-corrected chi connectivity index (χ1v) is 8.56. The molecular formula is C20H18O6. The lowest BCUT2D eigenvalue weighted by Gasteiger charge is -2.32. The van der Waals surface area contributed by atoms with Crippen molar-refractivity contribution in [3.05, 3.63) is 52.6 Å². The van der Waals surface area contributed by atoms with Crippen LogP contribution in [0.2, 0.25) is 0 Å². The van der Waals surface area contributed by atoms with Crippen LogP contribution in [-0.2, 0) is 4.74 Å². The fraction of sp³-hybridized carbons (Fsp3) is 0.300. The highest BCUT2D eigenvalue weighted by Gasteiger charge is 2.36. The summed E-state index contributed by atoms with van der Waals surface area (Å²) in [6.07, 6.45) is 0.258. The highest BCUT2D eigenvalue weighted by molar-refractivity contribution is 6.02. The van der Waals surface area contributed by atoms with Gasteiger partial charge in [-0.3, -0.25) is 9.59 Å². The number of ketones is 2. The van der Waals surface area contributed by atoms with E-state index in [9.17, 15) is 24.9 Å². The molecule has 0 amide bonds. The Bertz CT molecular complexity index is 917. The summed E-state index contributed by atoms with van der Waals surface area (Å²) in [5, 5.41) is 30.3. The van der Waals surface area contributed by atoms with Gasteiger partial charge in [0, 0.05) is 18.4 Å². The maximum absolute atomic E-state index is 12.2. The lowest BCUT2D eigenvalue weighted by molar-refractivity contribution is -0.0304. The van der Waals surface area contributed by atoms with Crippen LogP contribution < -0.4 is 0 Å². The summed E-state index contributed by atoms with van der Waals surface area (Å²) < 4.78 is 6.19. The molecule has 26 heavy (non-hydrogen) atoms. The first-order valence-electron chi connectivity index (χ1n) is 8.56. The molecule has 6 heteroatoms. The van der Waals surface area contributed by atoms with Crippen molar-refractivity contribution >= 4 is 11.6 Å². The molecule has 0 fully saturated rings. The predicted octanol–water partition coefficient (Wildman–Crippen LogP) is 3.56. The Labute approximate surface area is 149 Å². The molecule has 3 N–H and O–H groups in total. The first-order chi connectivity index (χ1) is 12.5. The third-order valence-corrected chi connectivity index (χ3v) is 5.10. The van der Waals surface area contributed by atoms with Crippen LogP contribution in [0.5, 0.6) is 17.2 Å². The Morgan fingerprint density at radius 3 is 2.15 bits per heavy atom. The molecule has 2 aromatic carbocycles. The molecule has 0 aromatic heterocycles. The van der Waals surface area contributed by atoms with Gasteiger partial charge in [-0.1, -0.05) is 12.1 Å². The zero-order valence-electron chi connectivity index (χ0n) is 13.9. The second-order valence-electron chi connectivity index (χ2n) is 6.67. The minimum absolute atomic E-state index is 0.0690. The Morgan fingerprint density at radius 2 is 1.38 bits per heavy atom. The van der Waals surface area contributed by atoms with E-state index in [-0.39, 0.29) is 52.8 Å². The molecule has 6 nitrogen and oxygen atoms in total. The largest absolute Gasteiger partial charge is 0.508 e. The van der Waals surface area contributed by atoms with Crippen molar-refractivity contribution in [3.8, 4) is 17.2 Å². The van der Waals surface area contributed by atoms with E-state index in [2.05, 4.69) is 0 Å². The van der Waals surface area contributed by atoms with Crippen molar-refractivity contribution in [2.75, 3.05) is 0 Å². The summed E-state index contributed by atoms with van der Waals surface area (Å²) in [5.74, 6) is -0.699. The average molecular weight is 354 g/mol. The van der Waals surface area contributed by atoms with Crippen LogP contribution in [0.25, 0.3) is 0 Å². The first kappa shape index (κ1) is 16.6. The number of hydrogen-bond donors (Lipinski definition) is 3. The summed E-state index contributed by atoms with van der Waals surface area (Å²) in [5.41, 5.74) is 1.28. The topological polar surface area (TPSA) is 104 Å². The predicted molar refractivity (Wildman–Crippen MR) is 91.6 cm³/mol. The summed E-state index contributed by atoms with van der Waals surface area (Å²) in [4.78, 5) is 24.3. The smallest absolute Gasteiger partial charge is 0.167 e. The Balaban J connectivity index is 1.73. The van der Waals surface area contributed by atoms with Crippen LogP contribution in [0.15, 0.2) is 30.3 Å². The molecule has 0 radical (unpaired) electrons. The van der Waals surface area contributed by atoms with Gasteiger partial charge >= 0.3 is 0 Å². The molecule has 0 heterocycles. The summed E-state index contributed by atoms with van der Waals surface area (Å²) >= 11 is 0.